The summed E-state index contributed by atoms with van der Waals surface area (Å²) < 4.78 is 1.01. The van der Waals surface area contributed by atoms with E-state index in [1.165, 1.54) is 0 Å². The first-order valence-corrected chi connectivity index (χ1v) is 6.02. The minimum absolute atomic E-state index is 0.143. The minimum Gasteiger partial charge on any atom is -0.393 e. The second-order valence-electron chi connectivity index (χ2n) is 3.47. The second-order valence-corrected chi connectivity index (χ2v) is 4.86. The minimum atomic E-state index is -0.426. The molecule has 1 amide bonds. The lowest BCUT2D eigenvalue weighted by Crippen LogP contribution is -2.35. The van der Waals surface area contributed by atoms with Gasteiger partial charge in [-0.2, -0.15) is 0 Å². The summed E-state index contributed by atoms with van der Waals surface area (Å²) in [7, 11) is 0. The molecule has 1 unspecified atom stereocenters. The van der Waals surface area contributed by atoms with Gasteiger partial charge < -0.3 is 11.1 Å². The summed E-state index contributed by atoms with van der Waals surface area (Å²) in [6, 6.07) is 7.74. The molecule has 0 aromatic heterocycles. The van der Waals surface area contributed by atoms with Crippen molar-refractivity contribution in [3.05, 3.63) is 34.3 Å². The summed E-state index contributed by atoms with van der Waals surface area (Å²) in [5, 5.41) is 2.78. The SMILES string of the molecule is CC(C(=O)NCc1ccc(Br)cc1)C(N)=S. The predicted molar refractivity (Wildman–Crippen MR) is 71.9 cm³/mol. The molecule has 1 rings (SSSR count). The van der Waals surface area contributed by atoms with Gasteiger partial charge in [0.1, 0.15) is 0 Å². The fourth-order valence-electron chi connectivity index (χ4n) is 1.07. The highest BCUT2D eigenvalue weighted by Crippen LogP contribution is 2.10. The van der Waals surface area contributed by atoms with Crippen LogP contribution in [0.1, 0.15) is 12.5 Å². The summed E-state index contributed by atoms with van der Waals surface area (Å²) in [6.45, 7) is 2.18. The summed E-state index contributed by atoms with van der Waals surface area (Å²) in [6.07, 6.45) is 0. The summed E-state index contributed by atoms with van der Waals surface area (Å²) in [5.74, 6) is -0.569. The molecule has 0 saturated heterocycles. The third-order valence-electron chi connectivity index (χ3n) is 2.20. The summed E-state index contributed by atoms with van der Waals surface area (Å²) in [4.78, 5) is 11.8. The van der Waals surface area contributed by atoms with Crippen LogP contribution in [0.2, 0.25) is 0 Å². The summed E-state index contributed by atoms with van der Waals surface area (Å²) in [5.41, 5.74) is 6.42. The molecule has 1 atom stereocenters. The number of nitrogens with two attached hydrogens (primary N) is 1. The number of carbonyl (C=O) groups excluding carboxylic acids is 1. The first-order chi connectivity index (χ1) is 7.50. The number of thiocarbonyl (C=S) groups is 1. The third kappa shape index (κ3) is 3.90. The predicted octanol–water partition coefficient (Wildman–Crippen LogP) is 1.99. The van der Waals surface area contributed by atoms with E-state index in [4.69, 9.17) is 18.0 Å². The van der Waals surface area contributed by atoms with Gasteiger partial charge in [0.05, 0.1) is 10.9 Å². The molecule has 16 heavy (non-hydrogen) atoms. The first kappa shape index (κ1) is 13.1. The molecule has 0 bridgehead atoms. The van der Waals surface area contributed by atoms with Crippen LogP contribution in [0.25, 0.3) is 0 Å². The van der Waals surface area contributed by atoms with Gasteiger partial charge in [0.15, 0.2) is 0 Å². The topological polar surface area (TPSA) is 55.1 Å². The molecule has 5 heteroatoms. The highest BCUT2D eigenvalue weighted by atomic mass is 79.9. The van der Waals surface area contributed by atoms with Gasteiger partial charge in [-0.1, -0.05) is 40.3 Å². The molecule has 0 heterocycles. The van der Waals surface area contributed by atoms with E-state index in [2.05, 4.69) is 21.2 Å². The number of benzene rings is 1. The Bertz CT molecular complexity index is 391. The molecule has 0 aliphatic carbocycles. The maximum absolute atomic E-state index is 11.5. The number of hydrogen-bond donors (Lipinski definition) is 2. The van der Waals surface area contributed by atoms with E-state index in [9.17, 15) is 4.79 Å². The van der Waals surface area contributed by atoms with Crippen molar-refractivity contribution in [2.24, 2.45) is 11.7 Å². The Morgan fingerprint density at radius 3 is 2.56 bits per heavy atom. The van der Waals surface area contributed by atoms with Gasteiger partial charge in [0, 0.05) is 11.0 Å². The van der Waals surface area contributed by atoms with Crippen molar-refractivity contribution >= 4 is 39.0 Å². The average Bonchev–Trinajstić information content (AvgIpc) is 2.26. The molecular formula is C11H13BrN2OS. The highest BCUT2D eigenvalue weighted by Gasteiger charge is 2.14. The monoisotopic (exact) mass is 300 g/mol. The maximum atomic E-state index is 11.5. The molecule has 0 spiro atoms. The van der Waals surface area contributed by atoms with Crippen molar-refractivity contribution in [2.45, 2.75) is 13.5 Å². The fourth-order valence-corrected chi connectivity index (χ4v) is 1.45. The lowest BCUT2D eigenvalue weighted by molar-refractivity contribution is -0.122. The Morgan fingerprint density at radius 2 is 2.06 bits per heavy atom. The second kappa shape index (κ2) is 5.96. The van der Waals surface area contributed by atoms with Crippen molar-refractivity contribution < 1.29 is 4.79 Å². The Kier molecular flexibility index (Phi) is 4.89. The van der Waals surface area contributed by atoms with Gasteiger partial charge in [-0.3, -0.25) is 4.79 Å². The van der Waals surface area contributed by atoms with Crippen LogP contribution in [-0.4, -0.2) is 10.9 Å². The quantitative estimate of drug-likeness (QED) is 0.836. The normalized spacial score (nSPS) is 11.9. The number of nitrogens with one attached hydrogen (secondary N) is 1. The zero-order valence-electron chi connectivity index (χ0n) is 8.87. The van der Waals surface area contributed by atoms with Crippen molar-refractivity contribution in [3.63, 3.8) is 0 Å². The largest absolute Gasteiger partial charge is 0.393 e. The Morgan fingerprint density at radius 1 is 1.50 bits per heavy atom. The van der Waals surface area contributed by atoms with Crippen LogP contribution >= 0.6 is 28.1 Å². The standard InChI is InChI=1S/C11H13BrN2OS/c1-7(10(13)16)11(15)14-6-8-2-4-9(12)5-3-8/h2-5,7H,6H2,1H3,(H2,13,16)(H,14,15). The van der Waals surface area contributed by atoms with Crippen LogP contribution in [-0.2, 0) is 11.3 Å². The number of amides is 1. The molecule has 86 valence electrons. The molecule has 0 aliphatic heterocycles. The van der Waals surface area contributed by atoms with E-state index in [1.807, 2.05) is 24.3 Å². The van der Waals surface area contributed by atoms with Crippen molar-refractivity contribution in [1.82, 2.24) is 5.32 Å². The van der Waals surface area contributed by atoms with Crippen molar-refractivity contribution in [2.75, 3.05) is 0 Å². The molecule has 0 fully saturated rings. The van der Waals surface area contributed by atoms with Gasteiger partial charge in [-0.15, -0.1) is 0 Å². The third-order valence-corrected chi connectivity index (χ3v) is 3.08. The molecule has 0 radical (unpaired) electrons. The van der Waals surface area contributed by atoms with E-state index in [1.54, 1.807) is 6.92 Å². The van der Waals surface area contributed by atoms with Crippen molar-refractivity contribution in [1.29, 1.82) is 0 Å². The Hall–Kier alpha value is -0.940. The van der Waals surface area contributed by atoms with E-state index >= 15 is 0 Å². The molecule has 3 N–H and O–H groups in total. The molecule has 1 aromatic carbocycles. The van der Waals surface area contributed by atoms with Crippen LogP contribution in [0.5, 0.6) is 0 Å². The number of rotatable bonds is 4. The van der Waals surface area contributed by atoms with Crippen molar-refractivity contribution in [3.8, 4) is 0 Å². The highest BCUT2D eigenvalue weighted by molar-refractivity contribution is 9.10. The molecule has 0 saturated carbocycles. The molecular weight excluding hydrogens is 288 g/mol. The van der Waals surface area contributed by atoms with Crippen LogP contribution in [0.15, 0.2) is 28.7 Å². The zero-order valence-corrected chi connectivity index (χ0v) is 11.3. The molecule has 0 aliphatic rings. The van der Waals surface area contributed by atoms with Gasteiger partial charge in [0.25, 0.3) is 0 Å². The van der Waals surface area contributed by atoms with Gasteiger partial charge in [-0.05, 0) is 24.6 Å². The lowest BCUT2D eigenvalue weighted by atomic mass is 10.1. The molecule has 3 nitrogen and oxygen atoms in total. The van der Waals surface area contributed by atoms with Gasteiger partial charge >= 0.3 is 0 Å². The van der Waals surface area contributed by atoms with E-state index in [-0.39, 0.29) is 10.9 Å². The average molecular weight is 301 g/mol. The Balaban J connectivity index is 2.49. The summed E-state index contributed by atoms with van der Waals surface area (Å²) >= 11 is 8.10. The van der Waals surface area contributed by atoms with E-state index < -0.39 is 5.92 Å². The van der Waals surface area contributed by atoms with Crippen LogP contribution < -0.4 is 11.1 Å². The molecule has 1 aromatic rings. The lowest BCUT2D eigenvalue weighted by Gasteiger charge is -2.10. The van der Waals surface area contributed by atoms with E-state index in [0.29, 0.717) is 6.54 Å². The van der Waals surface area contributed by atoms with Gasteiger partial charge in [-0.25, -0.2) is 0 Å². The fraction of sp³-hybridized carbons (Fsp3) is 0.273. The smallest absolute Gasteiger partial charge is 0.229 e. The van der Waals surface area contributed by atoms with Crippen LogP contribution in [0.3, 0.4) is 0 Å². The first-order valence-electron chi connectivity index (χ1n) is 4.82. The number of carbonyl (C=O) groups is 1. The van der Waals surface area contributed by atoms with Crippen LogP contribution in [0.4, 0.5) is 0 Å². The van der Waals surface area contributed by atoms with Crippen LogP contribution in [0, 0.1) is 5.92 Å². The van der Waals surface area contributed by atoms with Gasteiger partial charge in [0.2, 0.25) is 5.91 Å². The maximum Gasteiger partial charge on any atom is 0.229 e. The zero-order chi connectivity index (χ0) is 12.1. The van der Waals surface area contributed by atoms with E-state index in [0.717, 1.165) is 10.0 Å². The number of hydrogen-bond acceptors (Lipinski definition) is 2. The Labute approximate surface area is 109 Å². The number of halogens is 1.